The molecule has 0 atom stereocenters. The first-order valence-electron chi connectivity index (χ1n) is 8.27. The molecule has 1 aliphatic heterocycles. The number of carboxylic acids is 1. The van der Waals surface area contributed by atoms with E-state index in [0.29, 0.717) is 45.3 Å². The van der Waals surface area contributed by atoms with E-state index in [0.717, 1.165) is 12.8 Å². The third kappa shape index (κ3) is 3.59. The van der Waals surface area contributed by atoms with Crippen LogP contribution in [0.3, 0.4) is 0 Å². The number of carbonyl (C=O) groups is 3. The average molecular weight is 310 g/mol. The van der Waals surface area contributed by atoms with Crippen molar-refractivity contribution in [1.29, 1.82) is 0 Å². The Balaban J connectivity index is 1.80. The molecule has 2 N–H and O–H groups in total. The first-order chi connectivity index (χ1) is 10.5. The standard InChI is InChI=1S/C16H26N2O4/c1-2-8-17-14(20)12-4-9-18(10-5-12)13(19)11-16(15(21)22)6-3-7-16/h12H,2-11H2,1H3,(H,17,20)(H,21,22). The summed E-state index contributed by atoms with van der Waals surface area (Å²) >= 11 is 0. The molecule has 0 aromatic heterocycles. The van der Waals surface area contributed by atoms with Crippen LogP contribution in [0.4, 0.5) is 0 Å². The number of piperidine rings is 1. The Bertz CT molecular complexity index is 437. The summed E-state index contributed by atoms with van der Waals surface area (Å²) in [5.74, 6) is -0.863. The van der Waals surface area contributed by atoms with Gasteiger partial charge in [-0.15, -0.1) is 0 Å². The maximum absolute atomic E-state index is 12.3. The van der Waals surface area contributed by atoms with Gasteiger partial charge in [0, 0.05) is 32.0 Å². The van der Waals surface area contributed by atoms with Crippen LogP contribution in [0.2, 0.25) is 0 Å². The molecule has 1 saturated heterocycles. The minimum absolute atomic E-state index is 0.0206. The Morgan fingerprint density at radius 3 is 2.32 bits per heavy atom. The summed E-state index contributed by atoms with van der Waals surface area (Å²) in [5.41, 5.74) is -0.827. The largest absolute Gasteiger partial charge is 0.481 e. The fourth-order valence-electron chi connectivity index (χ4n) is 3.25. The number of hydrogen-bond acceptors (Lipinski definition) is 3. The zero-order chi connectivity index (χ0) is 16.2. The molecule has 0 unspecified atom stereocenters. The highest BCUT2D eigenvalue weighted by atomic mass is 16.4. The van der Waals surface area contributed by atoms with Crippen molar-refractivity contribution in [1.82, 2.24) is 10.2 Å². The van der Waals surface area contributed by atoms with Gasteiger partial charge in [0.1, 0.15) is 0 Å². The van der Waals surface area contributed by atoms with Crippen molar-refractivity contribution in [3.05, 3.63) is 0 Å². The Labute approximate surface area is 131 Å². The number of aliphatic carboxylic acids is 1. The van der Waals surface area contributed by atoms with Crippen molar-refractivity contribution in [3.8, 4) is 0 Å². The lowest BCUT2D eigenvalue weighted by atomic mass is 9.66. The van der Waals surface area contributed by atoms with Gasteiger partial charge in [-0.3, -0.25) is 14.4 Å². The van der Waals surface area contributed by atoms with E-state index in [2.05, 4.69) is 5.32 Å². The lowest BCUT2D eigenvalue weighted by Crippen LogP contribution is -2.47. The fourth-order valence-corrected chi connectivity index (χ4v) is 3.25. The van der Waals surface area contributed by atoms with Gasteiger partial charge in [-0.05, 0) is 32.1 Å². The highest BCUT2D eigenvalue weighted by Gasteiger charge is 2.46. The van der Waals surface area contributed by atoms with Crippen molar-refractivity contribution in [3.63, 3.8) is 0 Å². The summed E-state index contributed by atoms with van der Waals surface area (Å²) in [4.78, 5) is 37.3. The van der Waals surface area contributed by atoms with Crippen molar-refractivity contribution in [2.75, 3.05) is 19.6 Å². The van der Waals surface area contributed by atoms with Gasteiger partial charge in [-0.2, -0.15) is 0 Å². The van der Waals surface area contributed by atoms with E-state index in [1.165, 1.54) is 0 Å². The minimum Gasteiger partial charge on any atom is -0.481 e. The third-order valence-corrected chi connectivity index (χ3v) is 5.02. The van der Waals surface area contributed by atoms with E-state index >= 15 is 0 Å². The fraction of sp³-hybridized carbons (Fsp3) is 0.812. The second-order valence-electron chi connectivity index (χ2n) is 6.56. The van der Waals surface area contributed by atoms with Gasteiger partial charge in [0.2, 0.25) is 11.8 Å². The summed E-state index contributed by atoms with van der Waals surface area (Å²) in [6.07, 6.45) is 4.45. The van der Waals surface area contributed by atoms with Gasteiger partial charge in [0.15, 0.2) is 0 Å². The molecule has 22 heavy (non-hydrogen) atoms. The Morgan fingerprint density at radius 2 is 1.86 bits per heavy atom. The van der Waals surface area contributed by atoms with Gasteiger partial charge in [-0.1, -0.05) is 13.3 Å². The number of carbonyl (C=O) groups excluding carboxylic acids is 2. The van der Waals surface area contributed by atoms with Gasteiger partial charge in [0.05, 0.1) is 5.41 Å². The van der Waals surface area contributed by atoms with Crippen LogP contribution in [0.15, 0.2) is 0 Å². The lowest BCUT2D eigenvalue weighted by molar-refractivity contribution is -0.160. The van der Waals surface area contributed by atoms with Crippen molar-refractivity contribution in [2.24, 2.45) is 11.3 Å². The molecule has 0 bridgehead atoms. The number of amides is 2. The molecule has 6 heteroatoms. The molecule has 1 saturated carbocycles. The quantitative estimate of drug-likeness (QED) is 0.776. The third-order valence-electron chi connectivity index (χ3n) is 5.02. The summed E-state index contributed by atoms with van der Waals surface area (Å²) in [6.45, 7) is 3.82. The zero-order valence-electron chi connectivity index (χ0n) is 13.3. The zero-order valence-corrected chi connectivity index (χ0v) is 13.3. The maximum Gasteiger partial charge on any atom is 0.310 e. The van der Waals surface area contributed by atoms with Crippen LogP contribution < -0.4 is 5.32 Å². The Morgan fingerprint density at radius 1 is 1.23 bits per heavy atom. The van der Waals surface area contributed by atoms with E-state index in [4.69, 9.17) is 0 Å². The van der Waals surface area contributed by atoms with Gasteiger partial charge >= 0.3 is 5.97 Å². The van der Waals surface area contributed by atoms with Crippen molar-refractivity contribution < 1.29 is 19.5 Å². The van der Waals surface area contributed by atoms with Crippen LogP contribution in [0.5, 0.6) is 0 Å². The molecule has 0 aromatic carbocycles. The molecular weight excluding hydrogens is 284 g/mol. The Hall–Kier alpha value is -1.59. The average Bonchev–Trinajstić information content (AvgIpc) is 2.48. The number of nitrogens with zero attached hydrogens (tertiary/aromatic N) is 1. The number of carboxylic acid groups (broad SMARTS) is 1. The molecule has 2 rings (SSSR count). The summed E-state index contributed by atoms with van der Waals surface area (Å²) in [6, 6.07) is 0. The van der Waals surface area contributed by atoms with E-state index in [1.54, 1.807) is 4.90 Å². The topological polar surface area (TPSA) is 86.7 Å². The minimum atomic E-state index is -0.846. The molecule has 6 nitrogen and oxygen atoms in total. The first kappa shape index (κ1) is 16.8. The van der Waals surface area contributed by atoms with Crippen molar-refractivity contribution >= 4 is 17.8 Å². The second-order valence-corrected chi connectivity index (χ2v) is 6.56. The van der Waals surface area contributed by atoms with Crippen LogP contribution in [-0.2, 0) is 14.4 Å². The molecule has 1 heterocycles. The predicted molar refractivity (Wildman–Crippen MR) is 81.1 cm³/mol. The summed E-state index contributed by atoms with van der Waals surface area (Å²) in [7, 11) is 0. The van der Waals surface area contributed by atoms with E-state index in [-0.39, 0.29) is 24.2 Å². The molecule has 124 valence electrons. The number of nitrogens with one attached hydrogen (secondary N) is 1. The molecule has 0 radical (unpaired) electrons. The summed E-state index contributed by atoms with van der Waals surface area (Å²) < 4.78 is 0. The predicted octanol–water partition coefficient (Wildman–Crippen LogP) is 1.40. The van der Waals surface area contributed by atoms with Crippen LogP contribution in [0, 0.1) is 11.3 Å². The molecule has 2 aliphatic rings. The molecule has 0 aromatic rings. The molecule has 2 fully saturated rings. The highest BCUT2D eigenvalue weighted by Crippen LogP contribution is 2.44. The van der Waals surface area contributed by atoms with E-state index < -0.39 is 11.4 Å². The van der Waals surface area contributed by atoms with Crippen LogP contribution in [-0.4, -0.2) is 47.4 Å². The van der Waals surface area contributed by atoms with Gasteiger partial charge in [-0.25, -0.2) is 0 Å². The SMILES string of the molecule is CCCNC(=O)C1CCN(C(=O)CC2(C(=O)O)CCC2)CC1. The highest BCUT2D eigenvalue weighted by molar-refractivity contribution is 5.86. The van der Waals surface area contributed by atoms with E-state index in [9.17, 15) is 19.5 Å². The number of rotatable bonds is 6. The van der Waals surface area contributed by atoms with Crippen LogP contribution in [0.1, 0.15) is 51.9 Å². The summed E-state index contributed by atoms with van der Waals surface area (Å²) in [5, 5.41) is 12.2. The maximum atomic E-state index is 12.3. The van der Waals surface area contributed by atoms with Gasteiger partial charge < -0.3 is 15.3 Å². The number of likely N-dealkylation sites (tertiary alicyclic amines) is 1. The van der Waals surface area contributed by atoms with Gasteiger partial charge in [0.25, 0.3) is 0 Å². The first-order valence-corrected chi connectivity index (χ1v) is 8.27. The van der Waals surface area contributed by atoms with Crippen molar-refractivity contribution in [2.45, 2.75) is 51.9 Å². The lowest BCUT2D eigenvalue weighted by Gasteiger charge is -2.39. The van der Waals surface area contributed by atoms with E-state index in [1.807, 2.05) is 6.92 Å². The van der Waals surface area contributed by atoms with Crippen LogP contribution >= 0.6 is 0 Å². The molecule has 1 aliphatic carbocycles. The van der Waals surface area contributed by atoms with Crippen LogP contribution in [0.25, 0.3) is 0 Å². The molecule has 2 amide bonds. The molecular formula is C16H26N2O4. The number of hydrogen-bond donors (Lipinski definition) is 2. The normalized spacial score (nSPS) is 21.0. The second kappa shape index (κ2) is 7.11. The molecule has 0 spiro atoms. The Kier molecular flexibility index (Phi) is 5.42. The monoisotopic (exact) mass is 310 g/mol. The smallest absolute Gasteiger partial charge is 0.310 e.